The van der Waals surface area contributed by atoms with Gasteiger partial charge in [-0.1, -0.05) is 22.0 Å². The Balaban J connectivity index is 1.59. The fourth-order valence-corrected chi connectivity index (χ4v) is 3.30. The Labute approximate surface area is 156 Å². The summed E-state index contributed by atoms with van der Waals surface area (Å²) in [7, 11) is 1.36. The lowest BCUT2D eigenvalue weighted by Gasteiger charge is -2.11. The summed E-state index contributed by atoms with van der Waals surface area (Å²) in [4.78, 5) is 20.0. The van der Waals surface area contributed by atoms with Crippen molar-refractivity contribution in [3.05, 3.63) is 51.9 Å². The van der Waals surface area contributed by atoms with E-state index in [4.69, 9.17) is 4.74 Å². The van der Waals surface area contributed by atoms with Crippen LogP contribution in [-0.4, -0.2) is 23.0 Å². The van der Waals surface area contributed by atoms with E-state index in [-0.39, 0.29) is 22.3 Å². The molecule has 1 aliphatic rings. The van der Waals surface area contributed by atoms with Crippen molar-refractivity contribution in [1.82, 2.24) is 9.97 Å². The van der Waals surface area contributed by atoms with E-state index >= 15 is 0 Å². The van der Waals surface area contributed by atoms with Crippen LogP contribution < -0.4 is 5.32 Å². The third-order valence-corrected chi connectivity index (χ3v) is 4.81. The van der Waals surface area contributed by atoms with Gasteiger partial charge >= 0.3 is 12.1 Å². The first-order valence-corrected chi connectivity index (χ1v) is 8.58. The number of esters is 1. The molecule has 1 aromatic heterocycles. The van der Waals surface area contributed by atoms with E-state index in [1.165, 1.54) is 19.2 Å². The maximum atomic E-state index is 12.7. The zero-order chi connectivity index (χ0) is 18.9. The molecular formula is C17H15BrF3N3O2. The average molecular weight is 430 g/mol. The molecule has 26 heavy (non-hydrogen) atoms. The molecule has 1 aliphatic carbocycles. The maximum absolute atomic E-state index is 12.7. The highest BCUT2D eigenvalue weighted by Crippen LogP contribution is 2.47. The summed E-state index contributed by atoms with van der Waals surface area (Å²) < 4.78 is 42.9. The standard InChI is InChI=1S/C17H15BrF3N3O2/c1-26-16(25)11-5-10(11)14-7-24-15(8-22-14)23-6-9-2-3-12(13(18)4-9)17(19,20)21/h2-4,7-8,10-11H,5-6H2,1H3,(H,23,24)/t10-,11-/m0/s1. The van der Waals surface area contributed by atoms with Crippen LogP contribution in [0.15, 0.2) is 35.1 Å². The molecule has 1 aromatic carbocycles. The van der Waals surface area contributed by atoms with Crippen LogP contribution in [0.5, 0.6) is 0 Å². The zero-order valence-corrected chi connectivity index (χ0v) is 15.3. The first-order valence-electron chi connectivity index (χ1n) is 7.79. The molecule has 3 rings (SSSR count). The van der Waals surface area contributed by atoms with E-state index < -0.39 is 11.7 Å². The monoisotopic (exact) mass is 429 g/mol. The number of anilines is 1. The van der Waals surface area contributed by atoms with E-state index in [2.05, 4.69) is 31.2 Å². The van der Waals surface area contributed by atoms with E-state index in [0.29, 0.717) is 24.3 Å². The number of methoxy groups -OCH3 is 1. The van der Waals surface area contributed by atoms with Crippen molar-refractivity contribution in [3.63, 3.8) is 0 Å². The molecule has 1 fully saturated rings. The number of halogens is 4. The molecule has 138 valence electrons. The van der Waals surface area contributed by atoms with E-state index in [0.717, 1.165) is 11.8 Å². The van der Waals surface area contributed by atoms with Crippen LogP contribution in [0.2, 0.25) is 0 Å². The Morgan fingerprint density at radius 3 is 2.69 bits per heavy atom. The van der Waals surface area contributed by atoms with Gasteiger partial charge in [0.2, 0.25) is 0 Å². The number of aromatic nitrogens is 2. The van der Waals surface area contributed by atoms with Crippen LogP contribution >= 0.6 is 15.9 Å². The fraction of sp³-hybridized carbons (Fsp3) is 0.353. The summed E-state index contributed by atoms with van der Waals surface area (Å²) in [5.41, 5.74) is 0.682. The molecule has 5 nitrogen and oxygen atoms in total. The Bertz CT molecular complexity index is 812. The van der Waals surface area contributed by atoms with Gasteiger partial charge in [-0.2, -0.15) is 13.2 Å². The van der Waals surface area contributed by atoms with Gasteiger partial charge in [0.05, 0.1) is 36.7 Å². The van der Waals surface area contributed by atoms with E-state index in [9.17, 15) is 18.0 Å². The Morgan fingerprint density at radius 2 is 2.12 bits per heavy atom. The average Bonchev–Trinajstić information content (AvgIpc) is 3.39. The predicted molar refractivity (Wildman–Crippen MR) is 91.4 cm³/mol. The van der Waals surface area contributed by atoms with Gasteiger partial charge < -0.3 is 10.1 Å². The van der Waals surface area contributed by atoms with E-state index in [1.54, 1.807) is 12.4 Å². The second kappa shape index (κ2) is 7.22. The van der Waals surface area contributed by atoms with Crippen LogP contribution in [-0.2, 0) is 22.3 Å². The molecule has 1 heterocycles. The van der Waals surface area contributed by atoms with Crippen molar-refractivity contribution in [1.29, 1.82) is 0 Å². The lowest BCUT2D eigenvalue weighted by Crippen LogP contribution is -2.08. The number of carbonyl (C=O) groups is 1. The SMILES string of the molecule is COC(=O)[C@H]1C[C@@H]1c1cnc(NCc2ccc(C(F)(F)F)c(Br)c2)cn1. The second-order valence-electron chi connectivity index (χ2n) is 5.96. The number of nitrogens with one attached hydrogen (secondary N) is 1. The Morgan fingerprint density at radius 1 is 1.35 bits per heavy atom. The van der Waals surface area contributed by atoms with Crippen LogP contribution in [0.4, 0.5) is 19.0 Å². The predicted octanol–water partition coefficient (Wildman–Crippen LogP) is 4.15. The van der Waals surface area contributed by atoms with Gasteiger partial charge in [0, 0.05) is 16.9 Å². The van der Waals surface area contributed by atoms with Crippen LogP contribution in [0.3, 0.4) is 0 Å². The van der Waals surface area contributed by atoms with Crippen molar-refractivity contribution >= 4 is 27.7 Å². The summed E-state index contributed by atoms with van der Waals surface area (Å²) in [6, 6.07) is 3.87. The van der Waals surface area contributed by atoms with Gasteiger partial charge in [0.1, 0.15) is 5.82 Å². The zero-order valence-electron chi connectivity index (χ0n) is 13.7. The number of alkyl halides is 3. The molecule has 2 aromatic rings. The van der Waals surface area contributed by atoms with Crippen molar-refractivity contribution in [3.8, 4) is 0 Å². The third kappa shape index (κ3) is 4.14. The minimum atomic E-state index is -4.39. The number of nitrogens with zero attached hydrogens (tertiary/aromatic N) is 2. The summed E-state index contributed by atoms with van der Waals surface area (Å²) in [5.74, 6) is 0.138. The molecule has 2 atom stereocenters. The van der Waals surface area contributed by atoms with Gasteiger partial charge in [-0.05, 0) is 24.1 Å². The van der Waals surface area contributed by atoms with Gasteiger partial charge in [-0.15, -0.1) is 0 Å². The van der Waals surface area contributed by atoms with Crippen LogP contribution in [0, 0.1) is 5.92 Å². The second-order valence-corrected chi connectivity index (χ2v) is 6.82. The van der Waals surface area contributed by atoms with Gasteiger partial charge in [0.25, 0.3) is 0 Å². The first kappa shape index (κ1) is 18.6. The topological polar surface area (TPSA) is 64.1 Å². The summed E-state index contributed by atoms with van der Waals surface area (Å²) in [6.07, 6.45) is -0.551. The molecule has 0 amide bonds. The van der Waals surface area contributed by atoms with Crippen molar-refractivity contribution in [2.24, 2.45) is 5.92 Å². The molecule has 0 aliphatic heterocycles. The van der Waals surface area contributed by atoms with E-state index in [1.807, 2.05) is 0 Å². The number of benzene rings is 1. The van der Waals surface area contributed by atoms with Crippen LogP contribution in [0.25, 0.3) is 0 Å². The summed E-state index contributed by atoms with van der Waals surface area (Å²) in [6.45, 7) is 0.305. The molecular weight excluding hydrogens is 415 g/mol. The molecule has 1 N–H and O–H groups in total. The molecule has 0 saturated heterocycles. The molecule has 0 unspecified atom stereocenters. The quantitative estimate of drug-likeness (QED) is 0.723. The largest absolute Gasteiger partial charge is 0.469 e. The molecule has 9 heteroatoms. The van der Waals surface area contributed by atoms with Crippen molar-refractivity contribution in [2.45, 2.75) is 25.1 Å². The summed E-state index contributed by atoms with van der Waals surface area (Å²) in [5, 5.41) is 3.01. The van der Waals surface area contributed by atoms with Crippen molar-refractivity contribution < 1.29 is 22.7 Å². The minimum Gasteiger partial charge on any atom is -0.469 e. The minimum absolute atomic E-state index is 0.00619. The highest BCUT2D eigenvalue weighted by atomic mass is 79.9. The Hall–Kier alpha value is -2.16. The van der Waals surface area contributed by atoms with Gasteiger partial charge in [-0.3, -0.25) is 9.78 Å². The highest BCUT2D eigenvalue weighted by Gasteiger charge is 2.46. The number of hydrogen-bond acceptors (Lipinski definition) is 5. The number of hydrogen-bond donors (Lipinski definition) is 1. The number of ether oxygens (including phenoxy) is 1. The Kier molecular flexibility index (Phi) is 5.17. The highest BCUT2D eigenvalue weighted by molar-refractivity contribution is 9.10. The third-order valence-electron chi connectivity index (χ3n) is 4.16. The molecule has 1 saturated carbocycles. The first-order chi connectivity index (χ1) is 12.3. The van der Waals surface area contributed by atoms with Crippen molar-refractivity contribution in [2.75, 3.05) is 12.4 Å². The lowest BCUT2D eigenvalue weighted by molar-refractivity contribution is -0.142. The maximum Gasteiger partial charge on any atom is 0.417 e. The molecule has 0 radical (unpaired) electrons. The molecule has 0 bridgehead atoms. The lowest BCUT2D eigenvalue weighted by atomic mass is 10.1. The van der Waals surface area contributed by atoms with Gasteiger partial charge in [0.15, 0.2) is 0 Å². The number of rotatable bonds is 5. The van der Waals surface area contributed by atoms with Crippen LogP contribution in [0.1, 0.15) is 29.2 Å². The fourth-order valence-electron chi connectivity index (χ4n) is 2.65. The molecule has 0 spiro atoms. The summed E-state index contributed by atoms with van der Waals surface area (Å²) >= 11 is 2.95. The normalized spacial score (nSPS) is 19.1. The smallest absolute Gasteiger partial charge is 0.417 e. The van der Waals surface area contributed by atoms with Gasteiger partial charge in [-0.25, -0.2) is 4.98 Å². The number of carbonyl (C=O) groups excluding carboxylic acids is 1.